The first-order valence-electron chi connectivity index (χ1n) is 32.9. The van der Waals surface area contributed by atoms with Crippen LogP contribution in [0.4, 0.5) is 0 Å². The summed E-state index contributed by atoms with van der Waals surface area (Å²) in [4.78, 5) is 69.5. The van der Waals surface area contributed by atoms with Gasteiger partial charge in [0.05, 0.1) is 39.2 Å². The summed E-state index contributed by atoms with van der Waals surface area (Å²) in [5.74, 6) is 1.000. The van der Waals surface area contributed by atoms with E-state index in [-0.39, 0.29) is 40.9 Å². The summed E-state index contributed by atoms with van der Waals surface area (Å²) in [6, 6.07) is 0. The van der Waals surface area contributed by atoms with E-state index in [2.05, 4.69) is 32.9 Å². The molecule has 20 bridgehead atoms. The highest BCUT2D eigenvalue weighted by Crippen LogP contribution is 2.64. The monoisotopic (exact) mass is 1240 g/mol. The smallest absolute Gasteiger partial charge is 0.344 e. The van der Waals surface area contributed by atoms with E-state index < -0.39 is 86.1 Å². The van der Waals surface area contributed by atoms with Crippen molar-refractivity contribution in [2.45, 2.75) is 281 Å². The van der Waals surface area contributed by atoms with Crippen LogP contribution in [0.25, 0.3) is 0 Å². The minimum atomic E-state index is -0.956. The van der Waals surface area contributed by atoms with E-state index in [1.165, 1.54) is 32.3 Å². The molecule has 0 aliphatic heterocycles. The lowest BCUT2D eigenvalue weighted by Gasteiger charge is -2.62. The lowest BCUT2D eigenvalue weighted by atomic mass is 9.50. The van der Waals surface area contributed by atoms with Gasteiger partial charge in [-0.05, 0) is 203 Å². The molecule has 0 aromatic heterocycles. The fraction of sp³-hybridized carbons (Fsp3) is 0.771. The minimum Gasteiger partial charge on any atom is -0.456 e. The third kappa shape index (κ3) is 14.1. The Kier molecular flexibility index (Phi) is 16.8. The van der Waals surface area contributed by atoms with Crippen molar-refractivity contribution in [3.8, 4) is 0 Å². The molecule has 0 radical (unpaired) electrons. The molecule has 10 atom stereocenters. The van der Waals surface area contributed by atoms with Gasteiger partial charge in [0, 0.05) is 86.7 Å². The number of hydrogen-bond donors (Lipinski definition) is 7. The number of ether oxygens (including phenoxy) is 6. The van der Waals surface area contributed by atoms with Gasteiger partial charge in [-0.2, -0.15) is 0 Å². The quantitative estimate of drug-likeness (QED) is 0.0554. The summed E-state index contributed by atoms with van der Waals surface area (Å²) in [5.41, 5.74) is -6.88. The molecule has 20 aliphatic rings. The molecule has 0 saturated heterocycles. The maximum absolute atomic E-state index is 12.0. The Hall–Kier alpha value is -4.76. The SMILES string of the molecule is C=C(C)C(=O)OC12CC3CC(CC(O)(C3)C1)C2.C=C(C)C(=O)OC12CC3CC(CC(O)(C3)C1)C2.C=C(C)C(=O)OCC(=O)OC12CC3CC(O)(CC(O)(C3)C1)C2.C=CC(=O)OC12CC3CC(CC(O)(C3)C1)C2.C=CC(=O)OC12CC3CC(O)(CC(O)(C3)C1)C2. The number of carbonyl (C=O) groups excluding carboxylic acids is 6. The number of aliphatic hydroxyl groups is 7. The maximum Gasteiger partial charge on any atom is 0.344 e. The number of rotatable bonds is 12. The third-order valence-electron chi connectivity index (χ3n) is 23.1. The Morgan fingerprint density at radius 3 is 0.854 bits per heavy atom. The van der Waals surface area contributed by atoms with Crippen LogP contribution in [0.2, 0.25) is 0 Å². The second-order valence-electron chi connectivity index (χ2n) is 32.8. The van der Waals surface area contributed by atoms with Crippen molar-refractivity contribution in [3.63, 3.8) is 0 Å². The Labute approximate surface area is 523 Å². The first-order chi connectivity index (χ1) is 41.3. The molecule has 19 heteroatoms. The van der Waals surface area contributed by atoms with Crippen molar-refractivity contribution >= 4 is 35.8 Å². The Morgan fingerprint density at radius 1 is 0.337 bits per heavy atom. The molecule has 19 nitrogen and oxygen atoms in total. The molecule has 20 saturated carbocycles. The highest BCUT2D eigenvalue weighted by atomic mass is 16.6. The molecule has 7 N–H and O–H groups in total. The predicted octanol–water partition coefficient (Wildman–Crippen LogP) is 7.94. The summed E-state index contributed by atoms with van der Waals surface area (Å²) < 4.78 is 32.7. The lowest BCUT2D eigenvalue weighted by Crippen LogP contribution is -2.67. The van der Waals surface area contributed by atoms with Gasteiger partial charge < -0.3 is 64.2 Å². The lowest BCUT2D eigenvalue weighted by molar-refractivity contribution is -0.262. The molecule has 0 heterocycles. The highest BCUT2D eigenvalue weighted by molar-refractivity contribution is 5.89. The second-order valence-corrected chi connectivity index (χ2v) is 32.8. The van der Waals surface area contributed by atoms with Crippen molar-refractivity contribution in [1.82, 2.24) is 0 Å². The van der Waals surface area contributed by atoms with Crippen LogP contribution in [0.5, 0.6) is 0 Å². The average molecular weight is 1240 g/mol. The van der Waals surface area contributed by atoms with Gasteiger partial charge >= 0.3 is 35.8 Å². The van der Waals surface area contributed by atoms with Crippen molar-refractivity contribution in [2.75, 3.05) is 6.61 Å². The fourth-order valence-corrected chi connectivity index (χ4v) is 23.1. The van der Waals surface area contributed by atoms with Gasteiger partial charge in [-0.25, -0.2) is 28.8 Å². The van der Waals surface area contributed by atoms with Crippen LogP contribution in [0.3, 0.4) is 0 Å². The number of hydrogen-bond acceptors (Lipinski definition) is 19. The maximum atomic E-state index is 12.0. The van der Waals surface area contributed by atoms with Gasteiger partial charge in [0.2, 0.25) is 0 Å². The zero-order chi connectivity index (χ0) is 64.4. The topological polar surface area (TPSA) is 299 Å². The van der Waals surface area contributed by atoms with Crippen molar-refractivity contribution < 1.29 is 92.9 Å². The van der Waals surface area contributed by atoms with Crippen LogP contribution in [-0.4, -0.2) is 145 Å². The van der Waals surface area contributed by atoms with E-state index in [0.29, 0.717) is 124 Å². The van der Waals surface area contributed by atoms with Crippen LogP contribution < -0.4 is 0 Å². The molecule has 492 valence electrons. The number of carbonyl (C=O) groups is 6. The van der Waals surface area contributed by atoms with Gasteiger partial charge in [-0.1, -0.05) is 32.9 Å². The standard InChI is InChI=1S/C16H22O6.2C14H20O3.C13H18O4.C13H18O3/c1-10(2)13(18)21-6-12(17)22-16-5-11-3-14(19,8-16)7-15(20,4-11)9-16;2*1-9(2)12(15)17-14-6-10-3-11(7-14)5-13(16,4-10)8-14;1-2-10(14)17-13-5-9-3-11(15,7-13)6-12(16,4-9)8-13;1-2-11(14)16-13-6-9-3-10(7-13)5-12(15,4-9)8-13/h11,19-20H,1,3-9H2,2H3;2*10-11,16H,1,3-8H2,2H3;2,9,15-16H,1,3-8H2;2,9-10,15H,1,3-8H2. The molecule has 20 rings (SSSR count). The summed E-state index contributed by atoms with van der Waals surface area (Å²) in [6.45, 7) is 21.9. The Balaban J connectivity index is 0.000000115. The second kappa shape index (κ2) is 22.8. The van der Waals surface area contributed by atoms with Gasteiger partial charge in [-0.3, -0.25) is 0 Å². The number of esters is 6. The van der Waals surface area contributed by atoms with Crippen LogP contribution in [0.15, 0.2) is 61.8 Å². The van der Waals surface area contributed by atoms with E-state index in [1.54, 1.807) is 13.8 Å². The Bertz CT molecular complexity index is 2790. The molecule has 10 unspecified atom stereocenters. The van der Waals surface area contributed by atoms with Gasteiger partial charge in [0.15, 0.2) is 6.61 Å². The van der Waals surface area contributed by atoms with Crippen LogP contribution in [-0.2, 0) is 57.2 Å². The molecule has 0 aromatic carbocycles. The molecule has 20 aliphatic carbocycles. The summed E-state index contributed by atoms with van der Waals surface area (Å²) in [6.07, 6.45) is 25.4. The largest absolute Gasteiger partial charge is 0.456 e. The van der Waals surface area contributed by atoms with Crippen molar-refractivity contribution in [1.29, 1.82) is 0 Å². The van der Waals surface area contributed by atoms with Gasteiger partial charge in [0.25, 0.3) is 0 Å². The normalized spacial score (nSPS) is 46.9. The molecule has 0 amide bonds. The third-order valence-corrected chi connectivity index (χ3v) is 23.1. The molecule has 0 aromatic rings. The van der Waals surface area contributed by atoms with Crippen molar-refractivity contribution in [2.24, 2.45) is 47.3 Å². The summed E-state index contributed by atoms with van der Waals surface area (Å²) >= 11 is 0. The first-order valence-corrected chi connectivity index (χ1v) is 32.9. The zero-order valence-electron chi connectivity index (χ0n) is 52.8. The van der Waals surface area contributed by atoms with Gasteiger partial charge in [-0.15, -0.1) is 0 Å². The minimum absolute atomic E-state index is 0.164. The zero-order valence-corrected chi connectivity index (χ0v) is 52.8. The first kappa shape index (κ1) is 65.7. The predicted molar refractivity (Wildman–Crippen MR) is 321 cm³/mol. The fourth-order valence-electron chi connectivity index (χ4n) is 23.1. The van der Waals surface area contributed by atoms with E-state index in [0.717, 1.165) is 102 Å². The Morgan fingerprint density at radius 2 is 0.584 bits per heavy atom. The average Bonchev–Trinajstić information content (AvgIpc) is 0.761. The van der Waals surface area contributed by atoms with E-state index in [1.807, 2.05) is 0 Å². The van der Waals surface area contributed by atoms with Crippen LogP contribution >= 0.6 is 0 Å². The molecule has 0 spiro atoms. The van der Waals surface area contributed by atoms with Crippen molar-refractivity contribution in [3.05, 3.63) is 61.8 Å². The van der Waals surface area contributed by atoms with E-state index in [9.17, 15) is 64.5 Å². The highest BCUT2D eigenvalue weighted by Gasteiger charge is 2.67. The summed E-state index contributed by atoms with van der Waals surface area (Å²) in [7, 11) is 0. The van der Waals surface area contributed by atoms with Crippen LogP contribution in [0, 0.1) is 47.3 Å². The van der Waals surface area contributed by atoms with E-state index >= 15 is 0 Å². The molecule has 20 fully saturated rings. The van der Waals surface area contributed by atoms with E-state index in [4.69, 9.17) is 28.4 Å². The molecular formula is C70H98O19. The van der Waals surface area contributed by atoms with Crippen LogP contribution in [0.1, 0.15) is 213 Å². The van der Waals surface area contributed by atoms with Gasteiger partial charge in [0.1, 0.15) is 28.0 Å². The summed E-state index contributed by atoms with van der Waals surface area (Å²) in [5, 5.41) is 73.5. The molecular weight excluding hydrogens is 1140 g/mol. The molecule has 89 heavy (non-hydrogen) atoms.